The predicted molar refractivity (Wildman–Crippen MR) is 31.4 cm³/mol. The van der Waals surface area contributed by atoms with Gasteiger partial charge >= 0.3 is 6.33 Å². The standard InChI is InChI=1S/C6H5N3/c1-2-8-6-3-7-4-9-5(1)6/h1-4,8H/p+2. The van der Waals surface area contributed by atoms with Gasteiger partial charge in [0.2, 0.25) is 11.7 Å². The van der Waals surface area contributed by atoms with E-state index in [1.165, 1.54) is 0 Å². The first-order valence-corrected chi connectivity index (χ1v) is 2.82. The molecule has 0 radical (unpaired) electrons. The Hall–Kier alpha value is -1.38. The van der Waals surface area contributed by atoms with Crippen LogP contribution in [0.1, 0.15) is 0 Å². The summed E-state index contributed by atoms with van der Waals surface area (Å²) >= 11 is 0. The molecule has 9 heavy (non-hydrogen) atoms. The largest absolute Gasteiger partial charge is 0.403 e. The van der Waals surface area contributed by atoms with E-state index in [1.54, 1.807) is 6.33 Å². The molecule has 3 nitrogen and oxygen atoms in total. The summed E-state index contributed by atoms with van der Waals surface area (Å²) in [4.78, 5) is 9.04. The number of fused-ring (bicyclic) bond motifs is 1. The van der Waals surface area contributed by atoms with Crippen molar-refractivity contribution in [1.82, 2.24) is 4.98 Å². The van der Waals surface area contributed by atoms with E-state index in [4.69, 9.17) is 0 Å². The normalized spacial score (nSPS) is 10.2. The molecule has 0 spiro atoms. The van der Waals surface area contributed by atoms with Crippen molar-refractivity contribution < 1.29 is 9.97 Å². The lowest BCUT2D eigenvalue weighted by molar-refractivity contribution is -0.514. The Labute approximate surface area is 51.8 Å². The number of rotatable bonds is 0. The maximum atomic E-state index is 3.06. The number of H-pyrrole nitrogens is 3. The Balaban J connectivity index is 2.95. The van der Waals surface area contributed by atoms with Crippen molar-refractivity contribution in [3.63, 3.8) is 0 Å². The highest BCUT2D eigenvalue weighted by Crippen LogP contribution is 1.98. The molecule has 3 N–H and O–H groups in total. The highest BCUT2D eigenvalue weighted by atomic mass is 14.9. The van der Waals surface area contributed by atoms with Gasteiger partial charge in [-0.2, -0.15) is 9.97 Å². The van der Waals surface area contributed by atoms with Gasteiger partial charge in [-0.3, -0.25) is 0 Å². The third-order valence-electron chi connectivity index (χ3n) is 1.32. The molecule has 0 saturated heterocycles. The Morgan fingerprint density at radius 1 is 1.44 bits per heavy atom. The quantitative estimate of drug-likeness (QED) is 0.501. The van der Waals surface area contributed by atoms with E-state index < -0.39 is 0 Å². The minimum atomic E-state index is 1.09. The van der Waals surface area contributed by atoms with Crippen LogP contribution in [-0.2, 0) is 0 Å². The number of aromatic amines is 3. The van der Waals surface area contributed by atoms with Crippen LogP contribution in [0.5, 0.6) is 0 Å². The fourth-order valence-corrected chi connectivity index (χ4v) is 0.872. The van der Waals surface area contributed by atoms with E-state index >= 15 is 0 Å². The molecule has 2 heterocycles. The summed E-state index contributed by atoms with van der Waals surface area (Å²) in [5, 5.41) is 0. The second-order valence-electron chi connectivity index (χ2n) is 1.90. The molecule has 0 aliphatic rings. The second-order valence-corrected chi connectivity index (χ2v) is 1.90. The molecule has 0 unspecified atom stereocenters. The third-order valence-corrected chi connectivity index (χ3v) is 1.32. The molecule has 0 fully saturated rings. The smallest absolute Gasteiger partial charge is 0.351 e. The van der Waals surface area contributed by atoms with Gasteiger partial charge in [-0.1, -0.05) is 0 Å². The molecule has 0 amide bonds. The summed E-state index contributed by atoms with van der Waals surface area (Å²) in [5.41, 5.74) is 2.21. The van der Waals surface area contributed by atoms with Gasteiger partial charge < -0.3 is 4.98 Å². The lowest BCUT2D eigenvalue weighted by atomic mass is 10.5. The lowest BCUT2D eigenvalue weighted by Crippen LogP contribution is -2.13. The van der Waals surface area contributed by atoms with E-state index in [0.717, 1.165) is 11.0 Å². The van der Waals surface area contributed by atoms with Gasteiger partial charge in [0, 0.05) is 12.3 Å². The first-order chi connectivity index (χ1) is 4.47. The molecule has 0 saturated carbocycles. The minimum absolute atomic E-state index is 1.09. The monoisotopic (exact) mass is 121 g/mol. The summed E-state index contributed by atoms with van der Waals surface area (Å²) in [6, 6.07) is 1.99. The summed E-state index contributed by atoms with van der Waals surface area (Å²) in [7, 11) is 0. The van der Waals surface area contributed by atoms with E-state index in [9.17, 15) is 0 Å². The van der Waals surface area contributed by atoms with Crippen LogP contribution < -0.4 is 9.97 Å². The van der Waals surface area contributed by atoms with Crippen molar-refractivity contribution in [1.29, 1.82) is 0 Å². The van der Waals surface area contributed by atoms with Crippen LogP contribution in [-0.4, -0.2) is 4.98 Å². The van der Waals surface area contributed by atoms with Gasteiger partial charge in [-0.25, -0.2) is 0 Å². The zero-order valence-corrected chi connectivity index (χ0v) is 4.81. The van der Waals surface area contributed by atoms with Crippen molar-refractivity contribution >= 4 is 11.0 Å². The second kappa shape index (κ2) is 1.55. The van der Waals surface area contributed by atoms with Gasteiger partial charge in [-0.15, -0.1) is 0 Å². The first kappa shape index (κ1) is 4.49. The molecule has 2 aromatic rings. The topological polar surface area (TPSA) is 44.1 Å². The molecule has 0 aromatic carbocycles. The summed E-state index contributed by atoms with van der Waals surface area (Å²) < 4.78 is 0. The van der Waals surface area contributed by atoms with E-state index in [2.05, 4.69) is 15.0 Å². The van der Waals surface area contributed by atoms with Crippen LogP contribution >= 0.6 is 0 Å². The molecule has 0 atom stereocenters. The average molecular weight is 121 g/mol. The SMILES string of the molecule is c1cc2[nH+]c[nH+]cc2[nH]1. The molecule has 2 aromatic heterocycles. The molecule has 2 rings (SSSR count). The Morgan fingerprint density at radius 3 is 3.33 bits per heavy atom. The Kier molecular flexibility index (Phi) is 0.773. The van der Waals surface area contributed by atoms with Crippen LogP contribution in [0.15, 0.2) is 24.8 Å². The van der Waals surface area contributed by atoms with E-state index in [-0.39, 0.29) is 0 Å². The Bertz CT molecular complexity index is 282. The van der Waals surface area contributed by atoms with Crippen molar-refractivity contribution in [2.45, 2.75) is 0 Å². The van der Waals surface area contributed by atoms with Gasteiger partial charge in [-0.05, 0) is 0 Å². The molecule has 0 aliphatic carbocycles. The van der Waals surface area contributed by atoms with Crippen LogP contribution in [0.3, 0.4) is 0 Å². The highest BCUT2D eigenvalue weighted by Gasteiger charge is 2.00. The predicted octanol–water partition coefficient (Wildman–Crippen LogP) is -0.204. The van der Waals surface area contributed by atoms with Crippen LogP contribution in [0.4, 0.5) is 0 Å². The third kappa shape index (κ3) is 0.579. The van der Waals surface area contributed by atoms with Gasteiger partial charge in [0.1, 0.15) is 0 Å². The zero-order valence-electron chi connectivity index (χ0n) is 4.81. The molecule has 0 aliphatic heterocycles. The van der Waals surface area contributed by atoms with Gasteiger partial charge in [0.15, 0.2) is 5.52 Å². The van der Waals surface area contributed by atoms with Crippen molar-refractivity contribution in [3.8, 4) is 0 Å². The van der Waals surface area contributed by atoms with E-state index in [1.807, 2.05) is 18.5 Å². The maximum Gasteiger partial charge on any atom is 0.403 e. The summed E-state index contributed by atoms with van der Waals surface area (Å²) in [6.07, 6.45) is 5.59. The average Bonchev–Trinajstić information content (AvgIpc) is 2.33. The van der Waals surface area contributed by atoms with Crippen molar-refractivity contribution in [2.24, 2.45) is 0 Å². The zero-order chi connectivity index (χ0) is 6.10. The molecular formula is C6H7N3+2. The van der Waals surface area contributed by atoms with Gasteiger partial charge in [0.25, 0.3) is 0 Å². The summed E-state index contributed by atoms with van der Waals surface area (Å²) in [6.45, 7) is 0. The van der Waals surface area contributed by atoms with Crippen LogP contribution in [0.2, 0.25) is 0 Å². The molecular weight excluding hydrogens is 114 g/mol. The Morgan fingerprint density at radius 2 is 2.44 bits per heavy atom. The highest BCUT2D eigenvalue weighted by molar-refractivity contribution is 5.68. The molecule has 0 bridgehead atoms. The minimum Gasteiger partial charge on any atom is -0.351 e. The molecule has 44 valence electrons. The number of hydrogen-bond acceptors (Lipinski definition) is 0. The molecule has 3 heteroatoms. The maximum absolute atomic E-state index is 3.06. The van der Waals surface area contributed by atoms with Gasteiger partial charge in [0.05, 0.1) is 0 Å². The summed E-state index contributed by atoms with van der Waals surface area (Å²) in [5.74, 6) is 0. The fourth-order valence-electron chi connectivity index (χ4n) is 0.872. The fraction of sp³-hybridized carbons (Fsp3) is 0. The number of aromatic nitrogens is 3. The first-order valence-electron chi connectivity index (χ1n) is 2.82. The number of nitrogens with one attached hydrogen (secondary N) is 3. The van der Waals surface area contributed by atoms with Crippen molar-refractivity contribution in [2.75, 3.05) is 0 Å². The van der Waals surface area contributed by atoms with Crippen LogP contribution in [0, 0.1) is 0 Å². The van der Waals surface area contributed by atoms with Crippen molar-refractivity contribution in [3.05, 3.63) is 24.8 Å². The number of hydrogen-bond donors (Lipinski definition) is 1. The van der Waals surface area contributed by atoms with E-state index in [0.29, 0.717) is 0 Å². The lowest BCUT2D eigenvalue weighted by Gasteiger charge is -1.70. The van der Waals surface area contributed by atoms with Crippen LogP contribution in [0.25, 0.3) is 11.0 Å².